The molecule has 0 spiro atoms. The Hall–Kier alpha value is -3.20. The molecule has 0 unspecified atom stereocenters. The molecule has 3 aromatic rings. The van der Waals surface area contributed by atoms with Gasteiger partial charge in [-0.25, -0.2) is 4.98 Å². The summed E-state index contributed by atoms with van der Waals surface area (Å²) in [6.45, 7) is 2.94. The molecule has 1 aliphatic heterocycles. The van der Waals surface area contributed by atoms with Crippen molar-refractivity contribution in [2.75, 3.05) is 25.1 Å². The van der Waals surface area contributed by atoms with Crippen LogP contribution >= 0.6 is 12.2 Å². The Balaban J connectivity index is 1.37. The third-order valence-electron chi connectivity index (χ3n) is 5.67. The van der Waals surface area contributed by atoms with Gasteiger partial charge in [-0.15, -0.1) is 0 Å². The van der Waals surface area contributed by atoms with E-state index < -0.39 is 0 Å². The Kier molecular flexibility index (Phi) is 7.16. The summed E-state index contributed by atoms with van der Waals surface area (Å²) in [4.78, 5) is 19.5. The van der Waals surface area contributed by atoms with E-state index >= 15 is 0 Å². The lowest BCUT2D eigenvalue weighted by Crippen LogP contribution is -2.32. The number of benzene rings is 1. The number of H-pyrrole nitrogens is 1. The number of methoxy groups -OCH3 is 1. The lowest BCUT2D eigenvalue weighted by molar-refractivity contribution is -0.121. The summed E-state index contributed by atoms with van der Waals surface area (Å²) < 4.78 is 7.55. The second-order valence-electron chi connectivity index (χ2n) is 7.79. The largest absolute Gasteiger partial charge is 0.497 e. The van der Waals surface area contributed by atoms with Crippen LogP contribution < -0.4 is 15.0 Å². The zero-order chi connectivity index (χ0) is 22.3. The van der Waals surface area contributed by atoms with Gasteiger partial charge in [0.25, 0.3) is 0 Å². The Labute approximate surface area is 192 Å². The highest BCUT2D eigenvalue weighted by Gasteiger charge is 2.16. The average Bonchev–Trinajstić information content (AvgIpc) is 3.22. The van der Waals surface area contributed by atoms with Gasteiger partial charge in [-0.1, -0.05) is 6.07 Å². The van der Waals surface area contributed by atoms with Crippen LogP contribution in [0.25, 0.3) is 11.4 Å². The molecule has 1 aromatic carbocycles. The number of hydrogen-bond acceptors (Lipinski definition) is 6. The molecule has 1 amide bonds. The van der Waals surface area contributed by atoms with Gasteiger partial charge < -0.3 is 15.0 Å². The number of carbonyl (C=O) groups excluding carboxylic acids is 1. The number of carbonyl (C=O) groups is 1. The number of anilines is 1. The summed E-state index contributed by atoms with van der Waals surface area (Å²) in [5.41, 5.74) is 1.95. The number of hydrogen-bond donors (Lipinski definition) is 2. The number of aromatic amines is 1. The summed E-state index contributed by atoms with van der Waals surface area (Å²) in [5, 5.41) is 10.2. The van der Waals surface area contributed by atoms with E-state index in [0.717, 1.165) is 35.8 Å². The summed E-state index contributed by atoms with van der Waals surface area (Å²) in [6.07, 6.45) is 5.76. The van der Waals surface area contributed by atoms with Crippen molar-refractivity contribution in [3.05, 3.63) is 52.9 Å². The van der Waals surface area contributed by atoms with Crippen LogP contribution in [0, 0.1) is 4.77 Å². The third kappa shape index (κ3) is 5.16. The summed E-state index contributed by atoms with van der Waals surface area (Å²) in [7, 11) is 1.63. The van der Waals surface area contributed by atoms with Gasteiger partial charge in [-0.2, -0.15) is 5.10 Å². The molecule has 0 bridgehead atoms. The van der Waals surface area contributed by atoms with Gasteiger partial charge in [-0.3, -0.25) is 14.5 Å². The van der Waals surface area contributed by atoms with Crippen LogP contribution in [-0.4, -0.2) is 45.9 Å². The van der Waals surface area contributed by atoms with Gasteiger partial charge in [-0.05, 0) is 61.8 Å². The van der Waals surface area contributed by atoms with E-state index in [1.54, 1.807) is 7.11 Å². The second-order valence-corrected chi connectivity index (χ2v) is 8.18. The lowest BCUT2D eigenvalue weighted by Gasteiger charge is -2.29. The number of piperidine rings is 1. The van der Waals surface area contributed by atoms with Gasteiger partial charge >= 0.3 is 0 Å². The molecule has 2 aromatic heterocycles. The molecular formula is C23H28N6O2S. The van der Waals surface area contributed by atoms with Crippen LogP contribution in [0.3, 0.4) is 0 Å². The molecule has 2 N–H and O–H groups in total. The maximum absolute atomic E-state index is 12.6. The zero-order valence-electron chi connectivity index (χ0n) is 18.2. The number of aromatic nitrogens is 4. The van der Waals surface area contributed by atoms with Crippen molar-refractivity contribution < 1.29 is 9.53 Å². The predicted octanol–water partition coefficient (Wildman–Crippen LogP) is 3.71. The molecular weight excluding hydrogens is 424 g/mol. The first-order valence-electron chi connectivity index (χ1n) is 10.9. The normalized spacial score (nSPS) is 13.7. The highest BCUT2D eigenvalue weighted by atomic mass is 32.1. The Morgan fingerprint density at radius 2 is 1.97 bits per heavy atom. The van der Waals surface area contributed by atoms with E-state index in [1.165, 1.54) is 19.3 Å². The van der Waals surface area contributed by atoms with Gasteiger partial charge in [0.1, 0.15) is 11.6 Å². The zero-order valence-corrected chi connectivity index (χ0v) is 19.0. The SMILES string of the molecule is COc1ccc(-c2n[nH]c(=S)n2CCC(=O)NCc2cccnc2N2CCCCC2)cc1. The Bertz CT molecular complexity index is 1100. The molecule has 1 aliphatic rings. The third-order valence-corrected chi connectivity index (χ3v) is 5.98. The highest BCUT2D eigenvalue weighted by molar-refractivity contribution is 7.71. The van der Waals surface area contributed by atoms with Crippen LogP contribution in [0.4, 0.5) is 5.82 Å². The van der Waals surface area contributed by atoms with E-state index in [-0.39, 0.29) is 5.91 Å². The molecule has 0 atom stereocenters. The van der Waals surface area contributed by atoms with Crippen molar-refractivity contribution in [3.63, 3.8) is 0 Å². The van der Waals surface area contributed by atoms with Crippen molar-refractivity contribution in [1.29, 1.82) is 0 Å². The fraction of sp³-hybridized carbons (Fsp3) is 0.391. The van der Waals surface area contributed by atoms with Crippen molar-refractivity contribution in [2.24, 2.45) is 0 Å². The van der Waals surface area contributed by atoms with Crippen molar-refractivity contribution in [3.8, 4) is 17.1 Å². The topological polar surface area (TPSA) is 88.1 Å². The monoisotopic (exact) mass is 452 g/mol. The molecule has 0 aliphatic carbocycles. The molecule has 168 valence electrons. The number of nitrogens with zero attached hydrogens (tertiary/aromatic N) is 4. The maximum atomic E-state index is 12.6. The standard InChI is InChI=1S/C23H28N6O2S/c1-31-19-9-7-17(8-10-19)22-26-27-23(32)29(22)15-11-20(30)25-16-18-6-5-12-24-21(18)28-13-3-2-4-14-28/h5-10,12H,2-4,11,13-16H2,1H3,(H,25,30)(H,27,32). The Morgan fingerprint density at radius 1 is 1.19 bits per heavy atom. The van der Waals surface area contributed by atoms with Crippen LogP contribution in [0.1, 0.15) is 31.2 Å². The molecule has 0 saturated carbocycles. The lowest BCUT2D eigenvalue weighted by atomic mass is 10.1. The summed E-state index contributed by atoms with van der Waals surface area (Å²) in [5.74, 6) is 2.41. The molecule has 1 fully saturated rings. The van der Waals surface area contributed by atoms with Crippen molar-refractivity contribution >= 4 is 23.9 Å². The van der Waals surface area contributed by atoms with Crippen molar-refractivity contribution in [2.45, 2.75) is 38.8 Å². The molecule has 3 heterocycles. The smallest absolute Gasteiger partial charge is 0.222 e. The van der Waals surface area contributed by atoms with Crippen LogP contribution in [0.5, 0.6) is 5.75 Å². The fourth-order valence-electron chi connectivity index (χ4n) is 3.94. The van der Waals surface area contributed by atoms with Crippen LogP contribution in [0.2, 0.25) is 0 Å². The average molecular weight is 453 g/mol. The predicted molar refractivity (Wildman–Crippen MR) is 126 cm³/mol. The minimum atomic E-state index is -0.0396. The number of pyridine rings is 1. The number of nitrogens with one attached hydrogen (secondary N) is 2. The van der Waals surface area contributed by atoms with Crippen LogP contribution in [-0.2, 0) is 17.9 Å². The first-order valence-corrected chi connectivity index (χ1v) is 11.3. The van der Waals surface area contributed by atoms with Gasteiger partial charge in [0, 0.05) is 49.9 Å². The van der Waals surface area contributed by atoms with E-state index in [9.17, 15) is 4.79 Å². The van der Waals surface area contributed by atoms with Crippen molar-refractivity contribution in [1.82, 2.24) is 25.1 Å². The second kappa shape index (κ2) is 10.4. The van der Waals surface area contributed by atoms with Crippen LogP contribution in [0.15, 0.2) is 42.6 Å². The molecule has 8 nitrogen and oxygen atoms in total. The summed E-state index contributed by atoms with van der Waals surface area (Å²) in [6, 6.07) is 11.5. The quantitative estimate of drug-likeness (QED) is 0.507. The molecule has 0 radical (unpaired) electrons. The highest BCUT2D eigenvalue weighted by Crippen LogP contribution is 2.22. The molecule has 32 heavy (non-hydrogen) atoms. The fourth-order valence-corrected chi connectivity index (χ4v) is 4.16. The van der Waals surface area contributed by atoms with E-state index in [2.05, 4.69) is 25.4 Å². The van der Waals surface area contributed by atoms with E-state index in [1.807, 2.05) is 47.2 Å². The van der Waals surface area contributed by atoms with E-state index in [4.69, 9.17) is 17.0 Å². The molecule has 9 heteroatoms. The minimum Gasteiger partial charge on any atom is -0.497 e. The minimum absolute atomic E-state index is 0.0396. The summed E-state index contributed by atoms with van der Waals surface area (Å²) >= 11 is 5.38. The number of ether oxygens (including phenoxy) is 1. The Morgan fingerprint density at radius 3 is 2.72 bits per heavy atom. The van der Waals surface area contributed by atoms with E-state index in [0.29, 0.717) is 30.1 Å². The van der Waals surface area contributed by atoms with Gasteiger partial charge in [0.2, 0.25) is 5.91 Å². The number of amides is 1. The first kappa shape index (κ1) is 22.0. The number of rotatable bonds is 8. The van der Waals surface area contributed by atoms with Gasteiger partial charge in [0.05, 0.1) is 7.11 Å². The van der Waals surface area contributed by atoms with Gasteiger partial charge in [0.15, 0.2) is 10.6 Å². The first-order chi connectivity index (χ1) is 15.7. The molecule has 1 saturated heterocycles. The maximum Gasteiger partial charge on any atom is 0.222 e. The molecule has 4 rings (SSSR count).